The van der Waals surface area contributed by atoms with Crippen LogP contribution in [0.5, 0.6) is 5.75 Å². The van der Waals surface area contributed by atoms with E-state index < -0.39 is 0 Å². The largest absolute Gasteiger partial charge is 0.497 e. The van der Waals surface area contributed by atoms with Crippen molar-refractivity contribution in [3.8, 4) is 5.75 Å². The lowest BCUT2D eigenvalue weighted by atomic mass is 9.95. The number of nitrogens with zero attached hydrogens (tertiary/aromatic N) is 1. The molecule has 5 heteroatoms. The molecule has 2 heterocycles. The van der Waals surface area contributed by atoms with Crippen molar-refractivity contribution in [3.05, 3.63) is 24.3 Å². The number of amides is 1. The molecule has 0 aromatic heterocycles. The molecular weight excluding hydrogens is 266 g/mol. The molecule has 1 amide bonds. The number of benzene rings is 1. The van der Waals surface area contributed by atoms with Crippen LogP contribution in [0.3, 0.4) is 0 Å². The summed E-state index contributed by atoms with van der Waals surface area (Å²) in [5, 5.41) is 6.39. The zero-order chi connectivity index (χ0) is 14.8. The fourth-order valence-corrected chi connectivity index (χ4v) is 3.52. The number of ether oxygens (including phenoxy) is 1. The van der Waals surface area contributed by atoms with Crippen molar-refractivity contribution in [3.63, 3.8) is 0 Å². The van der Waals surface area contributed by atoms with Crippen LogP contribution in [-0.2, 0) is 4.79 Å². The zero-order valence-electron chi connectivity index (χ0n) is 12.6. The number of hydrogen-bond donors (Lipinski definition) is 2. The minimum absolute atomic E-state index is 0.0555. The van der Waals surface area contributed by atoms with Gasteiger partial charge in [-0.25, -0.2) is 0 Å². The molecule has 0 spiro atoms. The number of methoxy groups -OCH3 is 1. The normalized spacial score (nSPS) is 28.4. The lowest BCUT2D eigenvalue weighted by molar-refractivity contribution is -0.117. The third-order valence-corrected chi connectivity index (χ3v) is 4.78. The van der Waals surface area contributed by atoms with E-state index in [1.807, 2.05) is 24.3 Å². The number of carbonyl (C=O) groups is 1. The van der Waals surface area contributed by atoms with Crippen LogP contribution in [0.1, 0.15) is 6.92 Å². The monoisotopic (exact) mass is 289 g/mol. The molecule has 114 valence electrons. The Balaban J connectivity index is 1.54. The van der Waals surface area contributed by atoms with E-state index in [2.05, 4.69) is 22.5 Å². The Labute approximate surface area is 125 Å². The Kier molecular flexibility index (Phi) is 4.12. The van der Waals surface area contributed by atoms with Crippen LogP contribution in [0.15, 0.2) is 24.3 Å². The molecule has 2 saturated heterocycles. The van der Waals surface area contributed by atoms with E-state index in [1.165, 1.54) is 0 Å². The van der Waals surface area contributed by atoms with Gasteiger partial charge in [0.05, 0.1) is 13.7 Å². The number of fused-ring (bicyclic) bond motifs is 1. The Morgan fingerprint density at radius 2 is 2.14 bits per heavy atom. The van der Waals surface area contributed by atoms with Gasteiger partial charge in [0.2, 0.25) is 5.91 Å². The van der Waals surface area contributed by atoms with Crippen LogP contribution >= 0.6 is 0 Å². The average molecular weight is 289 g/mol. The van der Waals surface area contributed by atoms with E-state index in [0.717, 1.165) is 31.1 Å². The van der Waals surface area contributed by atoms with Gasteiger partial charge in [-0.3, -0.25) is 9.69 Å². The fraction of sp³-hybridized carbons (Fsp3) is 0.562. The van der Waals surface area contributed by atoms with Gasteiger partial charge in [0.1, 0.15) is 5.75 Å². The highest BCUT2D eigenvalue weighted by Gasteiger charge is 2.42. The zero-order valence-corrected chi connectivity index (χ0v) is 12.6. The van der Waals surface area contributed by atoms with Gasteiger partial charge in [-0.05, 0) is 56.1 Å². The summed E-state index contributed by atoms with van der Waals surface area (Å²) < 4.78 is 5.11. The van der Waals surface area contributed by atoms with E-state index in [9.17, 15) is 4.79 Å². The second-order valence-electron chi connectivity index (χ2n) is 6.03. The summed E-state index contributed by atoms with van der Waals surface area (Å²) in [6, 6.07) is 7.91. The van der Waals surface area contributed by atoms with Gasteiger partial charge in [0.25, 0.3) is 0 Å². The molecule has 0 aliphatic carbocycles. The van der Waals surface area contributed by atoms with E-state index in [0.29, 0.717) is 24.4 Å². The molecule has 0 radical (unpaired) electrons. The Hall–Kier alpha value is -1.59. The van der Waals surface area contributed by atoms with Crippen LogP contribution < -0.4 is 15.4 Å². The van der Waals surface area contributed by atoms with Crippen LogP contribution in [0.2, 0.25) is 0 Å². The number of nitrogens with one attached hydrogen (secondary N) is 2. The first-order valence-corrected chi connectivity index (χ1v) is 7.56. The lowest BCUT2D eigenvalue weighted by Gasteiger charge is -2.23. The Morgan fingerprint density at radius 1 is 1.38 bits per heavy atom. The first-order chi connectivity index (χ1) is 10.2. The minimum atomic E-state index is 0.0555. The average Bonchev–Trinajstić information content (AvgIpc) is 3.04. The smallest absolute Gasteiger partial charge is 0.238 e. The number of rotatable bonds is 4. The molecule has 21 heavy (non-hydrogen) atoms. The van der Waals surface area contributed by atoms with Crippen molar-refractivity contribution < 1.29 is 9.53 Å². The number of likely N-dealkylation sites (tertiary alicyclic amines) is 1. The summed E-state index contributed by atoms with van der Waals surface area (Å²) in [5.74, 6) is 2.24. The summed E-state index contributed by atoms with van der Waals surface area (Å²) in [4.78, 5) is 14.5. The summed E-state index contributed by atoms with van der Waals surface area (Å²) >= 11 is 0. The number of carbonyl (C=O) groups excluding carboxylic acids is 1. The highest BCUT2D eigenvalue weighted by Crippen LogP contribution is 2.31. The molecule has 3 atom stereocenters. The molecule has 0 saturated carbocycles. The minimum Gasteiger partial charge on any atom is -0.497 e. The van der Waals surface area contributed by atoms with Crippen molar-refractivity contribution >= 4 is 11.6 Å². The summed E-state index contributed by atoms with van der Waals surface area (Å²) in [6.45, 7) is 5.90. The molecule has 1 aromatic carbocycles. The molecular formula is C16H23N3O2. The first-order valence-electron chi connectivity index (χ1n) is 7.56. The second-order valence-corrected chi connectivity index (χ2v) is 6.03. The van der Waals surface area contributed by atoms with Crippen molar-refractivity contribution in [1.29, 1.82) is 0 Å². The summed E-state index contributed by atoms with van der Waals surface area (Å²) in [5.41, 5.74) is 0.814. The van der Waals surface area contributed by atoms with Gasteiger partial charge >= 0.3 is 0 Å². The molecule has 2 N–H and O–H groups in total. The molecule has 3 rings (SSSR count). The third kappa shape index (κ3) is 3.04. The second kappa shape index (κ2) is 6.03. The van der Waals surface area contributed by atoms with E-state index in [1.54, 1.807) is 7.11 Å². The van der Waals surface area contributed by atoms with Crippen molar-refractivity contribution in [2.75, 3.05) is 38.6 Å². The van der Waals surface area contributed by atoms with Crippen molar-refractivity contribution in [2.24, 2.45) is 11.8 Å². The molecule has 5 nitrogen and oxygen atoms in total. The van der Waals surface area contributed by atoms with Crippen molar-refractivity contribution in [1.82, 2.24) is 10.2 Å². The molecule has 2 aliphatic heterocycles. The van der Waals surface area contributed by atoms with Crippen LogP contribution in [0.4, 0.5) is 5.69 Å². The maximum Gasteiger partial charge on any atom is 0.238 e. The van der Waals surface area contributed by atoms with Gasteiger partial charge in [0.15, 0.2) is 0 Å². The van der Waals surface area contributed by atoms with Crippen LogP contribution in [0.25, 0.3) is 0 Å². The number of hydrogen-bond acceptors (Lipinski definition) is 4. The van der Waals surface area contributed by atoms with E-state index in [-0.39, 0.29) is 5.91 Å². The predicted molar refractivity (Wildman–Crippen MR) is 82.5 cm³/mol. The van der Waals surface area contributed by atoms with E-state index >= 15 is 0 Å². The summed E-state index contributed by atoms with van der Waals surface area (Å²) in [6.07, 6.45) is 0. The van der Waals surface area contributed by atoms with E-state index in [4.69, 9.17) is 4.74 Å². The van der Waals surface area contributed by atoms with Gasteiger partial charge in [-0.15, -0.1) is 0 Å². The topological polar surface area (TPSA) is 53.6 Å². The van der Waals surface area contributed by atoms with Gasteiger partial charge in [0, 0.05) is 18.3 Å². The predicted octanol–water partition coefficient (Wildman–Crippen LogP) is 1.17. The highest BCUT2D eigenvalue weighted by atomic mass is 16.5. The summed E-state index contributed by atoms with van der Waals surface area (Å²) in [7, 11) is 1.63. The SMILES string of the molecule is COc1ccc(NC(=O)CN2CC3CNCC3C2C)cc1. The number of anilines is 1. The van der Waals surface area contributed by atoms with Gasteiger partial charge < -0.3 is 15.4 Å². The first kappa shape index (κ1) is 14.4. The van der Waals surface area contributed by atoms with Gasteiger partial charge in [-0.2, -0.15) is 0 Å². The fourth-order valence-electron chi connectivity index (χ4n) is 3.52. The molecule has 0 bridgehead atoms. The molecule has 3 unspecified atom stereocenters. The molecule has 1 aromatic rings. The Morgan fingerprint density at radius 3 is 2.81 bits per heavy atom. The standard InChI is InChI=1S/C16H23N3O2/c1-11-15-8-17-7-12(15)9-19(11)10-16(20)18-13-3-5-14(21-2)6-4-13/h3-6,11-12,15,17H,7-10H2,1-2H3,(H,18,20). The van der Waals surface area contributed by atoms with Crippen LogP contribution in [0, 0.1) is 11.8 Å². The maximum atomic E-state index is 12.2. The van der Waals surface area contributed by atoms with Crippen LogP contribution in [-0.4, -0.2) is 50.1 Å². The molecule has 2 aliphatic rings. The quantitative estimate of drug-likeness (QED) is 0.874. The maximum absolute atomic E-state index is 12.2. The Bertz CT molecular complexity index is 503. The van der Waals surface area contributed by atoms with Gasteiger partial charge in [-0.1, -0.05) is 0 Å². The molecule has 2 fully saturated rings. The third-order valence-electron chi connectivity index (χ3n) is 4.78. The lowest BCUT2D eigenvalue weighted by Crippen LogP contribution is -2.38. The highest BCUT2D eigenvalue weighted by molar-refractivity contribution is 5.92. The van der Waals surface area contributed by atoms with Crippen molar-refractivity contribution in [2.45, 2.75) is 13.0 Å².